The van der Waals surface area contributed by atoms with E-state index in [0.717, 1.165) is 17.3 Å². The molecule has 110 valence electrons. The van der Waals surface area contributed by atoms with Crippen LogP contribution in [0.3, 0.4) is 0 Å². The van der Waals surface area contributed by atoms with Crippen LogP contribution in [0.5, 0.6) is 0 Å². The Kier molecular flexibility index (Phi) is 5.34. The molecule has 0 aromatic heterocycles. The molecule has 0 aliphatic rings. The van der Waals surface area contributed by atoms with Crippen molar-refractivity contribution in [3.05, 3.63) is 65.7 Å². The van der Waals surface area contributed by atoms with E-state index in [0.29, 0.717) is 5.92 Å². The molecule has 0 amide bonds. The zero-order valence-electron chi connectivity index (χ0n) is 12.8. The Labute approximate surface area is 132 Å². The second kappa shape index (κ2) is 7.23. The van der Waals surface area contributed by atoms with E-state index in [9.17, 15) is 0 Å². The van der Waals surface area contributed by atoms with Crippen molar-refractivity contribution in [2.24, 2.45) is 0 Å². The summed E-state index contributed by atoms with van der Waals surface area (Å²) in [4.78, 5) is 2.04. The molecule has 2 aromatic carbocycles. The van der Waals surface area contributed by atoms with Crippen molar-refractivity contribution in [2.75, 3.05) is 12.4 Å². The van der Waals surface area contributed by atoms with Gasteiger partial charge in [0.05, 0.1) is 0 Å². The van der Waals surface area contributed by atoms with Gasteiger partial charge < -0.3 is 10.2 Å². The highest BCUT2D eigenvalue weighted by atomic mass is 32.1. The summed E-state index contributed by atoms with van der Waals surface area (Å²) in [5.41, 5.74) is 3.62. The predicted octanol–water partition coefficient (Wildman–Crippen LogP) is 4.64. The third kappa shape index (κ3) is 4.57. The molecular formula is C18H22N2S. The van der Waals surface area contributed by atoms with Crippen LogP contribution in [0.4, 0.5) is 5.69 Å². The normalized spacial score (nSPS) is 10.5. The van der Waals surface area contributed by atoms with Crippen molar-refractivity contribution in [3.63, 3.8) is 0 Å². The average Bonchev–Trinajstić information content (AvgIpc) is 2.48. The molecular weight excluding hydrogens is 276 g/mol. The van der Waals surface area contributed by atoms with E-state index in [-0.39, 0.29) is 0 Å². The second-order valence-corrected chi connectivity index (χ2v) is 5.94. The molecule has 2 nitrogen and oxygen atoms in total. The molecule has 0 unspecified atom stereocenters. The third-order valence-corrected chi connectivity index (χ3v) is 3.85. The zero-order valence-corrected chi connectivity index (χ0v) is 13.7. The van der Waals surface area contributed by atoms with Gasteiger partial charge in [-0.05, 0) is 41.4 Å². The van der Waals surface area contributed by atoms with E-state index in [4.69, 9.17) is 12.2 Å². The number of nitrogens with one attached hydrogen (secondary N) is 1. The van der Waals surface area contributed by atoms with E-state index in [2.05, 4.69) is 55.6 Å². The summed E-state index contributed by atoms with van der Waals surface area (Å²) in [6.07, 6.45) is 0. The first kappa shape index (κ1) is 15.5. The van der Waals surface area contributed by atoms with Gasteiger partial charge >= 0.3 is 0 Å². The summed E-state index contributed by atoms with van der Waals surface area (Å²) < 4.78 is 0. The fraction of sp³-hybridized carbons (Fsp3) is 0.278. The maximum absolute atomic E-state index is 5.46. The Bertz CT molecular complexity index is 576. The number of thiocarbonyl (C=S) groups is 1. The molecule has 0 heterocycles. The third-order valence-electron chi connectivity index (χ3n) is 3.44. The number of hydrogen-bond donors (Lipinski definition) is 1. The molecule has 0 atom stereocenters. The standard InChI is InChI=1S/C18H22N2S/c1-14(2)16-9-11-17(12-10-16)19-18(21)20(3)13-15-7-5-4-6-8-15/h4-12,14H,13H2,1-3H3,(H,19,21). The van der Waals surface area contributed by atoms with Gasteiger partial charge in [0.1, 0.15) is 0 Å². The van der Waals surface area contributed by atoms with Crippen molar-refractivity contribution in [1.82, 2.24) is 4.90 Å². The van der Waals surface area contributed by atoms with Gasteiger partial charge in [-0.15, -0.1) is 0 Å². The summed E-state index contributed by atoms with van der Waals surface area (Å²) >= 11 is 5.46. The molecule has 0 fully saturated rings. The molecule has 21 heavy (non-hydrogen) atoms. The predicted molar refractivity (Wildman–Crippen MR) is 94.7 cm³/mol. The molecule has 2 aromatic rings. The van der Waals surface area contributed by atoms with Gasteiger partial charge in [-0.2, -0.15) is 0 Å². The van der Waals surface area contributed by atoms with Gasteiger partial charge in [0.15, 0.2) is 5.11 Å². The summed E-state index contributed by atoms with van der Waals surface area (Å²) in [5, 5.41) is 4.02. The number of nitrogens with zero attached hydrogens (tertiary/aromatic N) is 1. The van der Waals surface area contributed by atoms with Crippen molar-refractivity contribution >= 4 is 23.0 Å². The van der Waals surface area contributed by atoms with Crippen molar-refractivity contribution in [2.45, 2.75) is 26.3 Å². The highest BCUT2D eigenvalue weighted by Gasteiger charge is 2.06. The first-order valence-electron chi connectivity index (χ1n) is 7.22. The quantitative estimate of drug-likeness (QED) is 0.828. The lowest BCUT2D eigenvalue weighted by molar-refractivity contribution is 0.508. The largest absolute Gasteiger partial charge is 0.348 e. The number of hydrogen-bond acceptors (Lipinski definition) is 1. The highest BCUT2D eigenvalue weighted by Crippen LogP contribution is 2.17. The molecule has 1 N–H and O–H groups in total. The van der Waals surface area contributed by atoms with Crippen LogP contribution in [0.25, 0.3) is 0 Å². The summed E-state index contributed by atoms with van der Waals surface area (Å²) in [5.74, 6) is 0.548. The molecule has 0 radical (unpaired) electrons. The average molecular weight is 298 g/mol. The fourth-order valence-corrected chi connectivity index (χ4v) is 2.28. The van der Waals surface area contributed by atoms with Crippen molar-refractivity contribution in [3.8, 4) is 0 Å². The second-order valence-electron chi connectivity index (χ2n) is 5.55. The highest BCUT2D eigenvalue weighted by molar-refractivity contribution is 7.80. The van der Waals surface area contributed by atoms with E-state index < -0.39 is 0 Å². The lowest BCUT2D eigenvalue weighted by Crippen LogP contribution is -2.30. The molecule has 0 bridgehead atoms. The van der Waals surface area contributed by atoms with Gasteiger partial charge in [0, 0.05) is 19.3 Å². The number of benzene rings is 2. The molecule has 2 rings (SSSR count). The minimum atomic E-state index is 0.548. The van der Waals surface area contributed by atoms with Crippen LogP contribution >= 0.6 is 12.2 Å². The van der Waals surface area contributed by atoms with Crippen LogP contribution < -0.4 is 5.32 Å². The fourth-order valence-electron chi connectivity index (χ4n) is 2.10. The van der Waals surface area contributed by atoms with Crippen LogP contribution in [0.15, 0.2) is 54.6 Å². The molecule has 0 aliphatic heterocycles. The Hall–Kier alpha value is -1.87. The van der Waals surface area contributed by atoms with E-state index >= 15 is 0 Å². The first-order valence-corrected chi connectivity index (χ1v) is 7.63. The topological polar surface area (TPSA) is 15.3 Å². The van der Waals surface area contributed by atoms with E-state index in [1.807, 2.05) is 30.1 Å². The minimum Gasteiger partial charge on any atom is -0.348 e. The molecule has 0 aliphatic carbocycles. The number of rotatable bonds is 4. The summed E-state index contributed by atoms with van der Waals surface area (Å²) in [6.45, 7) is 5.19. The molecule has 3 heteroatoms. The Morgan fingerprint density at radius 2 is 1.67 bits per heavy atom. The smallest absolute Gasteiger partial charge is 0.173 e. The molecule has 0 saturated heterocycles. The first-order chi connectivity index (χ1) is 10.1. The van der Waals surface area contributed by atoms with Crippen LogP contribution in [0.2, 0.25) is 0 Å². The Balaban J connectivity index is 1.94. The zero-order chi connectivity index (χ0) is 15.2. The summed E-state index contributed by atoms with van der Waals surface area (Å²) in [6, 6.07) is 18.8. The monoisotopic (exact) mass is 298 g/mol. The van der Waals surface area contributed by atoms with Gasteiger partial charge in [0.2, 0.25) is 0 Å². The molecule has 0 spiro atoms. The van der Waals surface area contributed by atoms with Crippen LogP contribution in [0.1, 0.15) is 30.9 Å². The van der Waals surface area contributed by atoms with Gasteiger partial charge in [-0.1, -0.05) is 56.3 Å². The SMILES string of the molecule is CC(C)c1ccc(NC(=S)N(C)Cc2ccccc2)cc1. The maximum Gasteiger partial charge on any atom is 0.173 e. The van der Waals surface area contributed by atoms with Crippen LogP contribution in [-0.2, 0) is 6.54 Å². The van der Waals surface area contributed by atoms with Gasteiger partial charge in [-0.25, -0.2) is 0 Å². The van der Waals surface area contributed by atoms with E-state index in [1.165, 1.54) is 11.1 Å². The molecule has 0 saturated carbocycles. The Morgan fingerprint density at radius 1 is 1.05 bits per heavy atom. The minimum absolute atomic E-state index is 0.548. The van der Waals surface area contributed by atoms with Crippen molar-refractivity contribution < 1.29 is 0 Å². The van der Waals surface area contributed by atoms with E-state index in [1.54, 1.807) is 0 Å². The van der Waals surface area contributed by atoms with Gasteiger partial charge in [-0.3, -0.25) is 0 Å². The van der Waals surface area contributed by atoms with Crippen LogP contribution in [-0.4, -0.2) is 17.1 Å². The number of anilines is 1. The maximum atomic E-state index is 5.46. The van der Waals surface area contributed by atoms with Crippen LogP contribution in [0, 0.1) is 0 Å². The van der Waals surface area contributed by atoms with Gasteiger partial charge in [0.25, 0.3) is 0 Å². The lowest BCUT2D eigenvalue weighted by Gasteiger charge is -2.21. The lowest BCUT2D eigenvalue weighted by atomic mass is 10.0. The van der Waals surface area contributed by atoms with Crippen molar-refractivity contribution in [1.29, 1.82) is 0 Å². The summed E-state index contributed by atoms with van der Waals surface area (Å²) in [7, 11) is 2.00. The Morgan fingerprint density at radius 3 is 2.24 bits per heavy atom.